The SMILES string of the molecule is CC1NC(=O)CC2(C)CC1c1ccccc1O2. The zero-order chi connectivity index (χ0) is 12.0. The van der Waals surface area contributed by atoms with E-state index in [0.717, 1.165) is 12.2 Å². The largest absolute Gasteiger partial charge is 0.487 e. The van der Waals surface area contributed by atoms with Gasteiger partial charge in [-0.25, -0.2) is 0 Å². The molecule has 2 bridgehead atoms. The molecule has 3 unspecified atom stereocenters. The minimum Gasteiger partial charge on any atom is -0.487 e. The van der Waals surface area contributed by atoms with E-state index in [-0.39, 0.29) is 17.6 Å². The highest BCUT2D eigenvalue weighted by molar-refractivity contribution is 5.78. The molecule has 1 N–H and O–H groups in total. The Morgan fingerprint density at radius 3 is 3.00 bits per heavy atom. The van der Waals surface area contributed by atoms with Crippen molar-refractivity contribution in [1.82, 2.24) is 5.32 Å². The molecule has 0 spiro atoms. The minimum atomic E-state index is -0.353. The van der Waals surface area contributed by atoms with Gasteiger partial charge in [-0.05, 0) is 31.9 Å². The van der Waals surface area contributed by atoms with Crippen LogP contribution in [0, 0.1) is 0 Å². The molecule has 2 heterocycles. The molecule has 0 aliphatic carbocycles. The summed E-state index contributed by atoms with van der Waals surface area (Å²) in [5.74, 6) is 1.39. The van der Waals surface area contributed by atoms with Crippen molar-refractivity contribution in [3.63, 3.8) is 0 Å². The Labute approximate surface area is 101 Å². The highest BCUT2D eigenvalue weighted by atomic mass is 16.5. The lowest BCUT2D eigenvalue weighted by Gasteiger charge is -2.38. The van der Waals surface area contributed by atoms with Gasteiger partial charge < -0.3 is 10.1 Å². The van der Waals surface area contributed by atoms with Gasteiger partial charge in [0, 0.05) is 12.0 Å². The summed E-state index contributed by atoms with van der Waals surface area (Å²) in [6, 6.07) is 8.30. The zero-order valence-corrected chi connectivity index (χ0v) is 10.2. The van der Waals surface area contributed by atoms with Crippen molar-refractivity contribution in [3.05, 3.63) is 29.8 Å². The van der Waals surface area contributed by atoms with E-state index in [1.807, 2.05) is 25.1 Å². The predicted octanol–water partition coefficient (Wildman–Crippen LogP) is 2.22. The molecule has 1 aromatic carbocycles. The van der Waals surface area contributed by atoms with Gasteiger partial charge in [0.2, 0.25) is 5.91 Å². The Balaban J connectivity index is 2.10. The lowest BCUT2D eigenvalue weighted by Crippen LogP contribution is -2.39. The maximum absolute atomic E-state index is 11.8. The molecule has 0 radical (unpaired) electrons. The standard InChI is InChI=1S/C14H17NO2/c1-9-11-7-14(2,8-13(16)15-9)17-12-6-4-3-5-10(11)12/h3-6,9,11H,7-8H2,1-2H3,(H,15,16). The first-order chi connectivity index (χ1) is 8.07. The van der Waals surface area contributed by atoms with E-state index in [9.17, 15) is 4.79 Å². The topological polar surface area (TPSA) is 38.3 Å². The lowest BCUT2D eigenvalue weighted by molar-refractivity contribution is -0.124. The van der Waals surface area contributed by atoms with E-state index in [0.29, 0.717) is 12.3 Å². The number of benzene rings is 1. The molecule has 3 rings (SSSR count). The van der Waals surface area contributed by atoms with Crippen molar-refractivity contribution in [2.75, 3.05) is 0 Å². The van der Waals surface area contributed by atoms with Gasteiger partial charge in [-0.2, -0.15) is 0 Å². The van der Waals surface area contributed by atoms with Crippen molar-refractivity contribution < 1.29 is 9.53 Å². The van der Waals surface area contributed by atoms with Crippen LogP contribution in [0.15, 0.2) is 24.3 Å². The first kappa shape index (κ1) is 10.6. The van der Waals surface area contributed by atoms with Gasteiger partial charge in [0.25, 0.3) is 0 Å². The van der Waals surface area contributed by atoms with Crippen LogP contribution < -0.4 is 10.1 Å². The third kappa shape index (κ3) is 1.70. The van der Waals surface area contributed by atoms with E-state index >= 15 is 0 Å². The Morgan fingerprint density at radius 1 is 1.41 bits per heavy atom. The summed E-state index contributed by atoms with van der Waals surface area (Å²) in [5, 5.41) is 3.06. The highest BCUT2D eigenvalue weighted by Gasteiger charge is 2.43. The summed E-state index contributed by atoms with van der Waals surface area (Å²) in [5.41, 5.74) is 0.869. The Bertz CT molecular complexity index is 471. The van der Waals surface area contributed by atoms with E-state index < -0.39 is 0 Å². The van der Waals surface area contributed by atoms with Crippen LogP contribution in [0.5, 0.6) is 5.75 Å². The lowest BCUT2D eigenvalue weighted by atomic mass is 9.80. The van der Waals surface area contributed by atoms with E-state index in [1.165, 1.54) is 5.56 Å². The Hall–Kier alpha value is -1.51. The third-order valence-corrected chi connectivity index (χ3v) is 3.85. The zero-order valence-electron chi connectivity index (χ0n) is 10.2. The molecule has 1 fully saturated rings. The normalized spacial score (nSPS) is 35.3. The van der Waals surface area contributed by atoms with E-state index in [2.05, 4.69) is 18.3 Å². The Kier molecular flexibility index (Phi) is 2.18. The molecule has 2 aliphatic rings. The maximum Gasteiger partial charge on any atom is 0.224 e. The van der Waals surface area contributed by atoms with Crippen LogP contribution >= 0.6 is 0 Å². The molecule has 0 saturated carbocycles. The summed E-state index contributed by atoms with van der Waals surface area (Å²) in [4.78, 5) is 11.8. The van der Waals surface area contributed by atoms with E-state index in [1.54, 1.807) is 0 Å². The number of carbonyl (C=O) groups is 1. The number of nitrogens with one attached hydrogen (secondary N) is 1. The second-order valence-corrected chi connectivity index (χ2v) is 5.43. The van der Waals surface area contributed by atoms with E-state index in [4.69, 9.17) is 4.74 Å². The summed E-state index contributed by atoms with van der Waals surface area (Å²) in [6.45, 7) is 4.12. The van der Waals surface area contributed by atoms with Crippen LogP contribution in [-0.2, 0) is 4.79 Å². The quantitative estimate of drug-likeness (QED) is 0.743. The van der Waals surface area contributed by atoms with Crippen molar-refractivity contribution in [2.24, 2.45) is 0 Å². The molecular weight excluding hydrogens is 214 g/mol. The molecule has 2 aliphatic heterocycles. The smallest absolute Gasteiger partial charge is 0.224 e. The van der Waals surface area contributed by atoms with Crippen LogP contribution in [0.25, 0.3) is 0 Å². The summed E-state index contributed by atoms with van der Waals surface area (Å²) >= 11 is 0. The van der Waals surface area contributed by atoms with Gasteiger partial charge in [0.15, 0.2) is 0 Å². The number of fused-ring (bicyclic) bond motifs is 4. The highest BCUT2D eigenvalue weighted by Crippen LogP contribution is 2.44. The molecule has 3 heteroatoms. The number of hydrogen-bond acceptors (Lipinski definition) is 2. The van der Waals surface area contributed by atoms with Crippen LogP contribution in [0.2, 0.25) is 0 Å². The number of para-hydroxylation sites is 1. The molecule has 3 atom stereocenters. The fraction of sp³-hybridized carbons (Fsp3) is 0.500. The van der Waals surface area contributed by atoms with Gasteiger partial charge in [-0.1, -0.05) is 18.2 Å². The molecule has 1 saturated heterocycles. The van der Waals surface area contributed by atoms with Crippen LogP contribution in [0.3, 0.4) is 0 Å². The number of amides is 1. The van der Waals surface area contributed by atoms with Crippen LogP contribution in [-0.4, -0.2) is 17.6 Å². The van der Waals surface area contributed by atoms with Crippen LogP contribution in [0.1, 0.15) is 38.2 Å². The maximum atomic E-state index is 11.8. The average Bonchev–Trinajstić information content (AvgIpc) is 2.34. The second-order valence-electron chi connectivity index (χ2n) is 5.43. The monoisotopic (exact) mass is 231 g/mol. The summed E-state index contributed by atoms with van der Waals surface area (Å²) < 4.78 is 6.03. The third-order valence-electron chi connectivity index (χ3n) is 3.85. The molecule has 0 aromatic heterocycles. The van der Waals surface area contributed by atoms with Gasteiger partial charge in [0.1, 0.15) is 11.4 Å². The average molecular weight is 231 g/mol. The summed E-state index contributed by atoms with van der Waals surface area (Å²) in [6.07, 6.45) is 1.35. The fourth-order valence-electron chi connectivity index (χ4n) is 3.06. The molecule has 90 valence electrons. The number of rotatable bonds is 0. The molecular formula is C14H17NO2. The van der Waals surface area contributed by atoms with Crippen molar-refractivity contribution in [1.29, 1.82) is 0 Å². The van der Waals surface area contributed by atoms with Crippen LogP contribution in [0.4, 0.5) is 0 Å². The number of ether oxygens (including phenoxy) is 1. The minimum absolute atomic E-state index is 0.0929. The molecule has 1 aromatic rings. The second kappa shape index (κ2) is 3.49. The summed E-state index contributed by atoms with van der Waals surface area (Å²) in [7, 11) is 0. The number of carbonyl (C=O) groups excluding carboxylic acids is 1. The van der Waals surface area contributed by atoms with Crippen molar-refractivity contribution >= 4 is 5.91 Å². The first-order valence-corrected chi connectivity index (χ1v) is 6.15. The van der Waals surface area contributed by atoms with Gasteiger partial charge in [-0.3, -0.25) is 4.79 Å². The van der Waals surface area contributed by atoms with Gasteiger partial charge in [0.05, 0.1) is 6.42 Å². The molecule has 3 nitrogen and oxygen atoms in total. The van der Waals surface area contributed by atoms with Gasteiger partial charge in [-0.15, -0.1) is 0 Å². The molecule has 1 amide bonds. The number of hydrogen-bond donors (Lipinski definition) is 1. The predicted molar refractivity (Wildman–Crippen MR) is 65.1 cm³/mol. The molecule has 17 heavy (non-hydrogen) atoms. The Morgan fingerprint density at radius 2 is 2.18 bits per heavy atom. The fourth-order valence-corrected chi connectivity index (χ4v) is 3.06. The van der Waals surface area contributed by atoms with Crippen molar-refractivity contribution in [3.8, 4) is 5.75 Å². The van der Waals surface area contributed by atoms with Crippen molar-refractivity contribution in [2.45, 2.75) is 44.2 Å². The first-order valence-electron chi connectivity index (χ1n) is 6.15. The van der Waals surface area contributed by atoms with Gasteiger partial charge >= 0.3 is 0 Å².